The highest BCUT2D eigenvalue weighted by atomic mass is 35.5. The average Bonchev–Trinajstić information content (AvgIpc) is 3.21. The predicted octanol–water partition coefficient (Wildman–Crippen LogP) is 2.88. The first-order valence-corrected chi connectivity index (χ1v) is 12.4. The number of benzene rings is 1. The molecular formula is C22H28ClN3O4S. The van der Waals surface area contributed by atoms with Crippen molar-refractivity contribution >= 4 is 33.4 Å². The minimum absolute atomic E-state index is 0.00408. The number of ether oxygens (including phenoxy) is 1. The molecule has 1 aromatic heterocycles. The zero-order chi connectivity index (χ0) is 22.6. The van der Waals surface area contributed by atoms with Gasteiger partial charge in [0.05, 0.1) is 30.4 Å². The summed E-state index contributed by atoms with van der Waals surface area (Å²) >= 11 is 6.28. The summed E-state index contributed by atoms with van der Waals surface area (Å²) in [6.07, 6.45) is 3.71. The number of rotatable bonds is 8. The van der Waals surface area contributed by atoms with E-state index >= 15 is 0 Å². The third-order valence-electron chi connectivity index (χ3n) is 5.58. The molecule has 168 valence electrons. The monoisotopic (exact) mass is 465 g/mol. The maximum Gasteiger partial charge on any atom is 0.246 e. The van der Waals surface area contributed by atoms with E-state index < -0.39 is 9.84 Å². The molecule has 1 aliphatic rings. The molecule has 2 heterocycles. The molecule has 1 atom stereocenters. The Morgan fingerprint density at radius 1 is 1.35 bits per heavy atom. The lowest BCUT2D eigenvalue weighted by atomic mass is 10.1. The van der Waals surface area contributed by atoms with Gasteiger partial charge in [0.1, 0.15) is 0 Å². The van der Waals surface area contributed by atoms with Crippen LogP contribution < -0.4 is 0 Å². The van der Waals surface area contributed by atoms with Crippen LogP contribution in [-0.4, -0.2) is 66.8 Å². The van der Waals surface area contributed by atoms with Crippen LogP contribution in [0.5, 0.6) is 0 Å². The molecule has 0 spiro atoms. The van der Waals surface area contributed by atoms with Crippen LogP contribution in [0.15, 0.2) is 30.3 Å². The molecule has 0 aliphatic carbocycles. The number of aryl methyl sites for hydroxylation is 1. The van der Waals surface area contributed by atoms with Gasteiger partial charge < -0.3 is 9.64 Å². The van der Waals surface area contributed by atoms with Gasteiger partial charge in [-0.3, -0.25) is 9.48 Å². The van der Waals surface area contributed by atoms with Crippen LogP contribution in [0.4, 0.5) is 0 Å². The topological polar surface area (TPSA) is 81.5 Å². The summed E-state index contributed by atoms with van der Waals surface area (Å²) in [7, 11) is -1.53. The Bertz CT molecular complexity index is 1080. The molecule has 1 aromatic carbocycles. The highest BCUT2D eigenvalue weighted by molar-refractivity contribution is 7.91. The van der Waals surface area contributed by atoms with Gasteiger partial charge in [0.25, 0.3) is 0 Å². The number of hydrogen-bond donors (Lipinski definition) is 0. The SMILES string of the molecule is COCCN(C(=O)/C=C/c1c(C)nn(Cc2ccccc2Cl)c1C)C1CCS(=O)(=O)C1. The highest BCUT2D eigenvalue weighted by Gasteiger charge is 2.33. The second kappa shape index (κ2) is 9.97. The quantitative estimate of drug-likeness (QED) is 0.560. The van der Waals surface area contributed by atoms with Gasteiger partial charge in [0.15, 0.2) is 9.84 Å². The van der Waals surface area contributed by atoms with Gasteiger partial charge in [-0.1, -0.05) is 29.8 Å². The van der Waals surface area contributed by atoms with Gasteiger partial charge in [0, 0.05) is 42.1 Å². The maximum absolute atomic E-state index is 12.9. The zero-order valence-corrected chi connectivity index (χ0v) is 19.6. The molecule has 3 rings (SSSR count). The van der Waals surface area contributed by atoms with Gasteiger partial charge in [-0.05, 0) is 38.0 Å². The normalized spacial score (nSPS) is 18.0. The van der Waals surface area contributed by atoms with Crippen LogP contribution in [0.1, 0.15) is 28.9 Å². The van der Waals surface area contributed by atoms with Crippen molar-refractivity contribution in [3.05, 3.63) is 57.9 Å². The number of methoxy groups -OCH3 is 1. The van der Waals surface area contributed by atoms with Crippen LogP contribution >= 0.6 is 11.6 Å². The van der Waals surface area contributed by atoms with E-state index in [1.165, 1.54) is 6.08 Å². The van der Waals surface area contributed by atoms with Crippen LogP contribution in [0.3, 0.4) is 0 Å². The molecule has 0 radical (unpaired) electrons. The lowest BCUT2D eigenvalue weighted by molar-refractivity contribution is -0.128. The van der Waals surface area contributed by atoms with Gasteiger partial charge in [0.2, 0.25) is 5.91 Å². The molecule has 9 heteroatoms. The van der Waals surface area contributed by atoms with Gasteiger partial charge in [-0.25, -0.2) is 8.42 Å². The van der Waals surface area contributed by atoms with Crippen molar-refractivity contribution in [1.29, 1.82) is 0 Å². The first kappa shape index (κ1) is 23.5. The predicted molar refractivity (Wildman–Crippen MR) is 122 cm³/mol. The molecule has 31 heavy (non-hydrogen) atoms. The summed E-state index contributed by atoms with van der Waals surface area (Å²) in [6.45, 7) is 5.08. The van der Waals surface area contributed by atoms with E-state index in [9.17, 15) is 13.2 Å². The van der Waals surface area contributed by atoms with E-state index in [0.29, 0.717) is 31.1 Å². The number of aromatic nitrogens is 2. The zero-order valence-electron chi connectivity index (χ0n) is 18.0. The first-order chi connectivity index (χ1) is 14.7. The van der Waals surface area contributed by atoms with E-state index in [0.717, 1.165) is 22.5 Å². The summed E-state index contributed by atoms with van der Waals surface area (Å²) in [5.41, 5.74) is 3.56. The van der Waals surface area contributed by atoms with Gasteiger partial charge in [-0.15, -0.1) is 0 Å². The van der Waals surface area contributed by atoms with E-state index in [1.807, 2.05) is 42.8 Å². The molecule has 1 unspecified atom stereocenters. The molecule has 1 fully saturated rings. The van der Waals surface area contributed by atoms with Crippen LogP contribution in [0.25, 0.3) is 6.08 Å². The average molecular weight is 466 g/mol. The van der Waals surface area contributed by atoms with Crippen molar-refractivity contribution in [1.82, 2.24) is 14.7 Å². The largest absolute Gasteiger partial charge is 0.383 e. The second-order valence-corrected chi connectivity index (χ2v) is 10.4. The number of carbonyl (C=O) groups is 1. The molecule has 1 saturated heterocycles. The van der Waals surface area contributed by atoms with Crippen molar-refractivity contribution in [2.75, 3.05) is 31.8 Å². The minimum atomic E-state index is -3.09. The summed E-state index contributed by atoms with van der Waals surface area (Å²) in [5.74, 6) is -0.105. The Balaban J connectivity index is 1.78. The number of hydrogen-bond acceptors (Lipinski definition) is 5. The van der Waals surface area contributed by atoms with Crippen molar-refractivity contribution < 1.29 is 17.9 Å². The fourth-order valence-electron chi connectivity index (χ4n) is 3.83. The van der Waals surface area contributed by atoms with Crippen molar-refractivity contribution in [3.63, 3.8) is 0 Å². The molecular weight excluding hydrogens is 438 g/mol. The first-order valence-electron chi connectivity index (χ1n) is 10.2. The van der Waals surface area contributed by atoms with Crippen LogP contribution in [-0.2, 0) is 25.9 Å². The van der Waals surface area contributed by atoms with E-state index in [4.69, 9.17) is 16.3 Å². The molecule has 2 aromatic rings. The Labute approximate surface area is 188 Å². The minimum Gasteiger partial charge on any atom is -0.383 e. The third-order valence-corrected chi connectivity index (χ3v) is 7.70. The summed E-state index contributed by atoms with van der Waals surface area (Å²) in [6, 6.07) is 7.31. The van der Waals surface area contributed by atoms with Crippen LogP contribution in [0.2, 0.25) is 5.02 Å². The fourth-order valence-corrected chi connectivity index (χ4v) is 5.75. The lowest BCUT2D eigenvalue weighted by Crippen LogP contribution is -2.42. The van der Waals surface area contributed by atoms with E-state index in [2.05, 4.69) is 5.10 Å². The van der Waals surface area contributed by atoms with Crippen LogP contribution in [0, 0.1) is 13.8 Å². The Morgan fingerprint density at radius 2 is 2.10 bits per heavy atom. The number of carbonyl (C=O) groups excluding carboxylic acids is 1. The fraction of sp³-hybridized carbons (Fsp3) is 0.455. The standard InChI is InChI=1S/C22H28ClN3O4S/c1-16-20(17(2)26(24-16)14-18-6-4-5-7-21(18)23)8-9-22(27)25(11-12-30-3)19-10-13-31(28,29)15-19/h4-9,19H,10-15H2,1-3H3/b9-8+. The Kier molecular flexibility index (Phi) is 7.56. The summed E-state index contributed by atoms with van der Waals surface area (Å²) in [5, 5.41) is 5.28. The second-order valence-electron chi connectivity index (χ2n) is 7.75. The van der Waals surface area contributed by atoms with Crippen molar-refractivity contribution in [3.8, 4) is 0 Å². The number of amides is 1. The smallest absolute Gasteiger partial charge is 0.246 e. The Morgan fingerprint density at radius 3 is 2.74 bits per heavy atom. The Hall–Kier alpha value is -2.16. The number of nitrogens with zero attached hydrogens (tertiary/aromatic N) is 3. The maximum atomic E-state index is 12.9. The van der Waals surface area contributed by atoms with E-state index in [-0.39, 0.29) is 23.5 Å². The van der Waals surface area contributed by atoms with E-state index in [1.54, 1.807) is 18.1 Å². The summed E-state index contributed by atoms with van der Waals surface area (Å²) in [4.78, 5) is 14.5. The molecule has 0 saturated carbocycles. The molecule has 1 aliphatic heterocycles. The van der Waals surface area contributed by atoms with Crippen molar-refractivity contribution in [2.24, 2.45) is 0 Å². The van der Waals surface area contributed by atoms with Crippen molar-refractivity contribution in [2.45, 2.75) is 32.9 Å². The van der Waals surface area contributed by atoms with Gasteiger partial charge >= 0.3 is 0 Å². The molecule has 0 N–H and O–H groups in total. The number of halogens is 1. The summed E-state index contributed by atoms with van der Waals surface area (Å²) < 4.78 is 30.7. The lowest BCUT2D eigenvalue weighted by Gasteiger charge is -2.26. The highest BCUT2D eigenvalue weighted by Crippen LogP contribution is 2.21. The molecule has 0 bridgehead atoms. The molecule has 1 amide bonds. The number of sulfone groups is 1. The molecule has 7 nitrogen and oxygen atoms in total. The third kappa shape index (κ3) is 5.75. The van der Waals surface area contributed by atoms with Gasteiger partial charge in [-0.2, -0.15) is 5.10 Å².